The van der Waals surface area contributed by atoms with Crippen LogP contribution < -0.4 is 5.32 Å². The minimum absolute atomic E-state index is 0.198. The number of hydrogen-bond acceptors (Lipinski definition) is 2. The largest absolute Gasteiger partial charge is 0.481 e. The summed E-state index contributed by atoms with van der Waals surface area (Å²) in [5, 5.41) is 12.3. The first kappa shape index (κ1) is 12.9. The third-order valence-electron chi connectivity index (χ3n) is 3.59. The maximum atomic E-state index is 10.7. The Morgan fingerprint density at radius 3 is 2.67 bits per heavy atom. The van der Waals surface area contributed by atoms with Gasteiger partial charge in [-0.2, -0.15) is 0 Å². The Labute approximate surface area is 108 Å². The number of rotatable bonds is 5. The predicted molar refractivity (Wildman–Crippen MR) is 72.9 cm³/mol. The van der Waals surface area contributed by atoms with Crippen LogP contribution in [0.1, 0.15) is 44.1 Å². The molecule has 2 N–H and O–H groups in total. The van der Waals surface area contributed by atoms with Gasteiger partial charge in [0.25, 0.3) is 0 Å². The van der Waals surface area contributed by atoms with Gasteiger partial charge in [0, 0.05) is 18.2 Å². The van der Waals surface area contributed by atoms with E-state index in [1.54, 1.807) is 0 Å². The zero-order valence-corrected chi connectivity index (χ0v) is 10.7. The third-order valence-corrected chi connectivity index (χ3v) is 3.59. The second kappa shape index (κ2) is 6.43. The lowest BCUT2D eigenvalue weighted by Gasteiger charge is -2.25. The summed E-state index contributed by atoms with van der Waals surface area (Å²) in [7, 11) is 0. The molecule has 2 rings (SSSR count). The van der Waals surface area contributed by atoms with Crippen LogP contribution in [0.15, 0.2) is 24.3 Å². The van der Waals surface area contributed by atoms with Crippen LogP contribution in [0.2, 0.25) is 0 Å². The molecule has 0 bridgehead atoms. The normalized spacial score (nSPS) is 16.4. The van der Waals surface area contributed by atoms with Crippen molar-refractivity contribution >= 4 is 11.7 Å². The molecule has 98 valence electrons. The standard InChI is InChI=1S/C15H21NO2/c17-15(18)11-10-12-6-4-5-9-14(12)16-13-7-2-1-3-8-13/h4-6,9,13,16H,1-3,7-8,10-11H2,(H,17,18). The highest BCUT2D eigenvalue weighted by Gasteiger charge is 2.14. The highest BCUT2D eigenvalue weighted by Crippen LogP contribution is 2.24. The van der Waals surface area contributed by atoms with E-state index in [2.05, 4.69) is 11.4 Å². The molecule has 1 aromatic rings. The number of benzene rings is 1. The van der Waals surface area contributed by atoms with Crippen molar-refractivity contribution in [3.63, 3.8) is 0 Å². The number of carboxylic acids is 1. The lowest BCUT2D eigenvalue weighted by atomic mass is 9.95. The molecule has 0 atom stereocenters. The summed E-state index contributed by atoms with van der Waals surface area (Å²) in [6.07, 6.45) is 7.21. The summed E-state index contributed by atoms with van der Waals surface area (Å²) < 4.78 is 0. The fraction of sp³-hybridized carbons (Fsp3) is 0.533. The maximum Gasteiger partial charge on any atom is 0.303 e. The van der Waals surface area contributed by atoms with Gasteiger partial charge in [-0.15, -0.1) is 0 Å². The Hall–Kier alpha value is -1.51. The van der Waals surface area contributed by atoms with Gasteiger partial charge in [0.15, 0.2) is 0 Å². The van der Waals surface area contributed by atoms with Crippen molar-refractivity contribution < 1.29 is 9.90 Å². The quantitative estimate of drug-likeness (QED) is 0.837. The molecule has 0 heterocycles. The van der Waals surface area contributed by atoms with Gasteiger partial charge < -0.3 is 10.4 Å². The van der Waals surface area contributed by atoms with Crippen molar-refractivity contribution in [2.24, 2.45) is 0 Å². The van der Waals surface area contributed by atoms with Crippen molar-refractivity contribution in [1.82, 2.24) is 0 Å². The molecule has 18 heavy (non-hydrogen) atoms. The van der Waals surface area contributed by atoms with E-state index in [1.807, 2.05) is 18.2 Å². The Kier molecular flexibility index (Phi) is 4.62. The van der Waals surface area contributed by atoms with Crippen molar-refractivity contribution in [3.8, 4) is 0 Å². The van der Waals surface area contributed by atoms with Gasteiger partial charge in [0.2, 0.25) is 0 Å². The number of carbonyl (C=O) groups is 1. The van der Waals surface area contributed by atoms with E-state index < -0.39 is 5.97 Å². The summed E-state index contributed by atoms with van der Waals surface area (Å²) >= 11 is 0. The summed E-state index contributed by atoms with van der Waals surface area (Å²) in [6, 6.07) is 8.63. The van der Waals surface area contributed by atoms with E-state index in [1.165, 1.54) is 32.1 Å². The van der Waals surface area contributed by atoms with Crippen LogP contribution in [-0.2, 0) is 11.2 Å². The van der Waals surface area contributed by atoms with Gasteiger partial charge in [-0.05, 0) is 30.9 Å². The monoisotopic (exact) mass is 247 g/mol. The molecule has 0 amide bonds. The Balaban J connectivity index is 1.99. The summed E-state index contributed by atoms with van der Waals surface area (Å²) in [4.78, 5) is 10.7. The average Bonchev–Trinajstić information content (AvgIpc) is 2.39. The van der Waals surface area contributed by atoms with Gasteiger partial charge in [0.05, 0.1) is 0 Å². The van der Waals surface area contributed by atoms with Crippen LogP contribution in [0.4, 0.5) is 5.69 Å². The lowest BCUT2D eigenvalue weighted by molar-refractivity contribution is -0.136. The number of nitrogens with one attached hydrogen (secondary N) is 1. The second-order valence-corrected chi connectivity index (χ2v) is 5.03. The fourth-order valence-corrected chi connectivity index (χ4v) is 2.59. The molecule has 0 radical (unpaired) electrons. The Bertz CT molecular complexity index is 397. The first-order valence-electron chi connectivity index (χ1n) is 6.82. The molecule has 0 aliphatic heterocycles. The second-order valence-electron chi connectivity index (χ2n) is 5.03. The number of para-hydroxylation sites is 1. The van der Waals surface area contributed by atoms with Crippen LogP contribution in [0.3, 0.4) is 0 Å². The van der Waals surface area contributed by atoms with Crippen LogP contribution in [-0.4, -0.2) is 17.1 Å². The molecular formula is C15H21NO2. The molecule has 0 unspecified atom stereocenters. The van der Waals surface area contributed by atoms with Gasteiger partial charge >= 0.3 is 5.97 Å². The van der Waals surface area contributed by atoms with E-state index in [4.69, 9.17) is 5.11 Å². The van der Waals surface area contributed by atoms with Crippen LogP contribution >= 0.6 is 0 Å². The fourth-order valence-electron chi connectivity index (χ4n) is 2.59. The van der Waals surface area contributed by atoms with Crippen LogP contribution in [0.5, 0.6) is 0 Å². The van der Waals surface area contributed by atoms with Crippen molar-refractivity contribution in [1.29, 1.82) is 0 Å². The molecule has 3 nitrogen and oxygen atoms in total. The topological polar surface area (TPSA) is 49.3 Å². The summed E-state index contributed by atoms with van der Waals surface area (Å²) in [6.45, 7) is 0. The molecular weight excluding hydrogens is 226 g/mol. The number of aliphatic carboxylic acids is 1. The Morgan fingerprint density at radius 2 is 1.94 bits per heavy atom. The van der Waals surface area contributed by atoms with E-state index in [9.17, 15) is 4.79 Å². The highest BCUT2D eigenvalue weighted by atomic mass is 16.4. The molecule has 1 fully saturated rings. The maximum absolute atomic E-state index is 10.7. The molecule has 0 spiro atoms. The van der Waals surface area contributed by atoms with Gasteiger partial charge in [-0.1, -0.05) is 37.5 Å². The van der Waals surface area contributed by atoms with Crippen molar-refractivity contribution in [2.75, 3.05) is 5.32 Å². The van der Waals surface area contributed by atoms with Crippen LogP contribution in [0.25, 0.3) is 0 Å². The minimum Gasteiger partial charge on any atom is -0.481 e. The molecule has 1 saturated carbocycles. The Morgan fingerprint density at radius 1 is 1.22 bits per heavy atom. The molecule has 3 heteroatoms. The average molecular weight is 247 g/mol. The molecule has 0 saturated heterocycles. The number of carboxylic acid groups (broad SMARTS) is 1. The predicted octanol–water partition coefficient (Wildman–Crippen LogP) is 3.45. The molecule has 1 aromatic carbocycles. The molecule has 1 aliphatic carbocycles. The highest BCUT2D eigenvalue weighted by molar-refractivity contribution is 5.67. The van der Waals surface area contributed by atoms with Gasteiger partial charge in [-0.25, -0.2) is 0 Å². The number of anilines is 1. The van der Waals surface area contributed by atoms with Crippen molar-refractivity contribution in [2.45, 2.75) is 51.0 Å². The molecule has 1 aliphatic rings. The summed E-state index contributed by atoms with van der Waals surface area (Å²) in [5.41, 5.74) is 2.23. The number of aryl methyl sites for hydroxylation is 1. The van der Waals surface area contributed by atoms with Crippen LogP contribution in [0, 0.1) is 0 Å². The minimum atomic E-state index is -0.734. The first-order valence-corrected chi connectivity index (χ1v) is 6.82. The van der Waals surface area contributed by atoms with Gasteiger partial charge in [0.1, 0.15) is 0 Å². The first-order chi connectivity index (χ1) is 8.75. The smallest absolute Gasteiger partial charge is 0.303 e. The van der Waals surface area contributed by atoms with E-state index in [0.717, 1.165) is 11.3 Å². The molecule has 0 aromatic heterocycles. The lowest BCUT2D eigenvalue weighted by Crippen LogP contribution is -2.22. The SMILES string of the molecule is O=C(O)CCc1ccccc1NC1CCCCC1. The van der Waals surface area contributed by atoms with E-state index >= 15 is 0 Å². The number of hydrogen-bond donors (Lipinski definition) is 2. The van der Waals surface area contributed by atoms with E-state index in [0.29, 0.717) is 12.5 Å². The third kappa shape index (κ3) is 3.76. The van der Waals surface area contributed by atoms with E-state index in [-0.39, 0.29) is 6.42 Å². The zero-order valence-electron chi connectivity index (χ0n) is 10.7. The summed E-state index contributed by atoms with van der Waals surface area (Å²) in [5.74, 6) is -0.734. The zero-order chi connectivity index (χ0) is 12.8. The van der Waals surface area contributed by atoms with Crippen molar-refractivity contribution in [3.05, 3.63) is 29.8 Å². The van der Waals surface area contributed by atoms with Gasteiger partial charge in [-0.3, -0.25) is 4.79 Å².